The lowest BCUT2D eigenvalue weighted by Crippen LogP contribution is -2.35. The first-order chi connectivity index (χ1) is 17.1. The zero-order chi connectivity index (χ0) is 28.9. The van der Waals surface area contributed by atoms with E-state index >= 15 is 0 Å². The molecule has 0 atom stereocenters. The zero-order valence-electron chi connectivity index (χ0n) is 24.5. The van der Waals surface area contributed by atoms with Crippen molar-refractivity contribution in [2.24, 2.45) is 0 Å². The molecule has 0 spiro atoms. The molecule has 2 aromatic rings. The molecule has 0 heterocycles. The maximum absolute atomic E-state index is 11.8. The predicted molar refractivity (Wildman–Crippen MR) is 175 cm³/mol. The third-order valence-electron chi connectivity index (χ3n) is 5.36. The van der Waals surface area contributed by atoms with E-state index in [1.807, 2.05) is 77.8 Å². The highest BCUT2D eigenvalue weighted by molar-refractivity contribution is 9.10. The van der Waals surface area contributed by atoms with Crippen LogP contribution in [0, 0.1) is 27.7 Å². The van der Waals surface area contributed by atoms with Crippen LogP contribution in [0.4, 0.5) is 5.69 Å². The lowest BCUT2D eigenvalue weighted by Gasteiger charge is -2.24. The van der Waals surface area contributed by atoms with Crippen molar-refractivity contribution in [3.63, 3.8) is 0 Å². The van der Waals surface area contributed by atoms with Gasteiger partial charge in [0.15, 0.2) is 0 Å². The number of hydrogen-bond donors (Lipinski definition) is 0. The van der Waals surface area contributed by atoms with E-state index in [4.69, 9.17) is 11.6 Å². The van der Waals surface area contributed by atoms with Crippen molar-refractivity contribution in [3.8, 4) is 0 Å². The van der Waals surface area contributed by atoms with Crippen LogP contribution in [0.15, 0.2) is 33.2 Å². The van der Waals surface area contributed by atoms with Gasteiger partial charge in [0.2, 0.25) is 5.91 Å². The van der Waals surface area contributed by atoms with Gasteiger partial charge in [0.1, 0.15) is 5.78 Å². The van der Waals surface area contributed by atoms with E-state index in [2.05, 4.69) is 48.9 Å². The quantitative estimate of drug-likeness (QED) is 0.270. The van der Waals surface area contributed by atoms with E-state index in [1.165, 1.54) is 11.1 Å². The van der Waals surface area contributed by atoms with Gasteiger partial charge < -0.3 is 14.7 Å². The molecule has 2 rings (SSSR count). The number of benzene rings is 2. The normalized spacial score (nSPS) is 10.2. The van der Waals surface area contributed by atoms with Gasteiger partial charge in [-0.15, -0.1) is 24.0 Å². The number of rotatable bonds is 8. The van der Waals surface area contributed by atoms with Gasteiger partial charge in [0.25, 0.3) is 0 Å². The first-order valence-electron chi connectivity index (χ1n) is 12.3. The standard InChI is InChI=1S/C14H21BrN2O.C11H13BrO.C4H10ClN.ClH/c1-10-8-13(9-11(2)14(10)15)17(12(3)18)7-6-16(4)5;1-7-4-10(6-9(3)13)5-8(2)11(7)12;1-6(2)4-3-5;/h8-9H,6-7H2,1-5H3;4-5H,6H2,1-3H3;3-4H2,1-2H3;1H. The third kappa shape index (κ3) is 15.6. The highest BCUT2D eigenvalue weighted by atomic mass is 79.9. The first-order valence-corrected chi connectivity index (χ1v) is 14.4. The molecule has 0 aliphatic heterocycles. The number of ketones is 1. The molecule has 0 saturated heterocycles. The topological polar surface area (TPSA) is 43.9 Å². The molecule has 9 heteroatoms. The number of amides is 1. The van der Waals surface area contributed by atoms with Crippen LogP contribution in [0.1, 0.15) is 41.7 Å². The van der Waals surface area contributed by atoms with Crippen molar-refractivity contribution in [3.05, 3.63) is 61.0 Å². The molecule has 0 bridgehead atoms. The van der Waals surface area contributed by atoms with Crippen LogP contribution in [0.5, 0.6) is 0 Å². The lowest BCUT2D eigenvalue weighted by molar-refractivity contribution is -0.117. The maximum Gasteiger partial charge on any atom is 0.223 e. The second-order valence-electron chi connectivity index (χ2n) is 9.78. The Hall–Kier alpha value is -0.960. The second-order valence-corrected chi connectivity index (χ2v) is 11.7. The Bertz CT molecular complexity index is 985. The number of hydrogen-bond acceptors (Lipinski definition) is 4. The fourth-order valence-corrected chi connectivity index (χ4v) is 4.24. The summed E-state index contributed by atoms with van der Waals surface area (Å²) < 4.78 is 2.25. The minimum absolute atomic E-state index is 0. The van der Waals surface area contributed by atoms with Gasteiger partial charge in [-0.1, -0.05) is 44.0 Å². The average molecular weight is 698 g/mol. The van der Waals surface area contributed by atoms with Crippen molar-refractivity contribution < 1.29 is 9.59 Å². The third-order valence-corrected chi connectivity index (χ3v) is 8.04. The van der Waals surface area contributed by atoms with Crippen molar-refractivity contribution in [1.82, 2.24) is 9.80 Å². The summed E-state index contributed by atoms with van der Waals surface area (Å²) in [5, 5.41) is 0. The average Bonchev–Trinajstić information content (AvgIpc) is 2.75. The molecular formula is C29H45Br2Cl2N3O2. The van der Waals surface area contributed by atoms with Gasteiger partial charge in [-0.3, -0.25) is 9.59 Å². The number of carbonyl (C=O) groups excluding carboxylic acids is 2. The summed E-state index contributed by atoms with van der Waals surface area (Å²) in [7, 11) is 8.03. The van der Waals surface area contributed by atoms with E-state index in [-0.39, 0.29) is 24.1 Å². The SMILES string of the molecule is CC(=O)Cc1cc(C)c(Br)c(C)c1.CC(=O)N(CCN(C)C)c1cc(C)c(Br)c(C)c1.CN(C)CCCl.Cl. The number of anilines is 1. The number of halogens is 4. The molecule has 5 nitrogen and oxygen atoms in total. The Morgan fingerprint density at radius 1 is 0.737 bits per heavy atom. The van der Waals surface area contributed by atoms with Gasteiger partial charge in [-0.2, -0.15) is 0 Å². The number of Topliss-reactive ketones (excluding diaryl/α,β-unsaturated/α-hetero) is 1. The Labute approximate surface area is 258 Å². The fourth-order valence-electron chi connectivity index (χ4n) is 3.44. The van der Waals surface area contributed by atoms with Gasteiger partial charge in [-0.25, -0.2) is 0 Å². The predicted octanol–water partition coefficient (Wildman–Crippen LogP) is 7.39. The summed E-state index contributed by atoms with van der Waals surface area (Å²) in [6, 6.07) is 8.21. The molecule has 0 fully saturated rings. The van der Waals surface area contributed by atoms with Crippen molar-refractivity contribution in [2.45, 2.75) is 48.0 Å². The van der Waals surface area contributed by atoms with Crippen LogP contribution >= 0.6 is 55.9 Å². The summed E-state index contributed by atoms with van der Waals surface area (Å²) in [6.07, 6.45) is 0.537. The molecule has 0 unspecified atom stereocenters. The van der Waals surface area contributed by atoms with Crippen LogP contribution in [-0.2, 0) is 16.0 Å². The smallest absolute Gasteiger partial charge is 0.223 e. The van der Waals surface area contributed by atoms with E-state index in [0.717, 1.165) is 50.3 Å². The molecule has 2 aromatic carbocycles. The summed E-state index contributed by atoms with van der Waals surface area (Å²) in [5.41, 5.74) is 6.77. The molecule has 1 amide bonds. The van der Waals surface area contributed by atoms with Crippen molar-refractivity contribution in [2.75, 3.05) is 58.6 Å². The molecule has 0 aliphatic carbocycles. The highest BCUT2D eigenvalue weighted by Crippen LogP contribution is 2.27. The van der Waals surface area contributed by atoms with Crippen LogP contribution < -0.4 is 4.90 Å². The Morgan fingerprint density at radius 3 is 1.42 bits per heavy atom. The van der Waals surface area contributed by atoms with Crippen molar-refractivity contribution >= 4 is 73.2 Å². The summed E-state index contributed by atoms with van der Waals surface area (Å²) >= 11 is 12.4. The molecule has 38 heavy (non-hydrogen) atoms. The van der Waals surface area contributed by atoms with E-state index in [0.29, 0.717) is 13.0 Å². The Kier molecular flexibility index (Phi) is 20.6. The van der Waals surface area contributed by atoms with Gasteiger partial charge in [-0.05, 0) is 103 Å². The maximum atomic E-state index is 11.8. The minimum atomic E-state index is 0. The van der Waals surface area contributed by atoms with E-state index in [1.54, 1.807) is 13.8 Å². The molecule has 216 valence electrons. The van der Waals surface area contributed by atoms with Gasteiger partial charge in [0, 0.05) is 53.5 Å². The largest absolute Gasteiger partial charge is 0.311 e. The van der Waals surface area contributed by atoms with Crippen molar-refractivity contribution in [1.29, 1.82) is 0 Å². The summed E-state index contributed by atoms with van der Waals surface area (Å²) in [5.74, 6) is 1.02. The van der Waals surface area contributed by atoms with E-state index in [9.17, 15) is 9.59 Å². The van der Waals surface area contributed by atoms with Crippen LogP contribution in [0.2, 0.25) is 0 Å². The summed E-state index contributed by atoms with van der Waals surface area (Å²) in [4.78, 5) is 28.6. The number of alkyl halides is 1. The van der Waals surface area contributed by atoms with Gasteiger partial charge >= 0.3 is 0 Å². The number of carbonyl (C=O) groups is 2. The van der Waals surface area contributed by atoms with Crippen LogP contribution in [0.25, 0.3) is 0 Å². The molecule has 0 aromatic heterocycles. The lowest BCUT2D eigenvalue weighted by atomic mass is 10.0. The van der Waals surface area contributed by atoms with E-state index < -0.39 is 0 Å². The number of nitrogens with zero attached hydrogens (tertiary/aromatic N) is 3. The molecule has 0 saturated carbocycles. The fraction of sp³-hybridized carbons (Fsp3) is 0.517. The molecular weight excluding hydrogens is 653 g/mol. The van der Waals surface area contributed by atoms with Crippen LogP contribution in [-0.4, -0.2) is 75.2 Å². The molecule has 0 N–H and O–H groups in total. The molecule has 0 aliphatic rings. The van der Waals surface area contributed by atoms with Crippen LogP contribution in [0.3, 0.4) is 0 Å². The highest BCUT2D eigenvalue weighted by Gasteiger charge is 2.13. The van der Waals surface area contributed by atoms with Gasteiger partial charge in [0.05, 0.1) is 0 Å². The zero-order valence-corrected chi connectivity index (χ0v) is 29.3. The summed E-state index contributed by atoms with van der Waals surface area (Å²) in [6.45, 7) is 13.9. The monoisotopic (exact) mass is 695 g/mol. The Balaban J connectivity index is 0. The second kappa shape index (κ2) is 20.0. The number of aryl methyl sites for hydroxylation is 4. The number of likely N-dealkylation sites (N-methyl/N-ethyl adjacent to an activating group) is 1. The molecule has 0 radical (unpaired) electrons. The Morgan fingerprint density at radius 2 is 1.13 bits per heavy atom. The first kappa shape index (κ1) is 39.2. The minimum Gasteiger partial charge on any atom is -0.311 e.